The molecule has 0 spiro atoms. The Labute approximate surface area is 111 Å². The van der Waals surface area contributed by atoms with Gasteiger partial charge in [-0.25, -0.2) is 4.79 Å². The van der Waals surface area contributed by atoms with Gasteiger partial charge in [-0.3, -0.25) is 0 Å². The van der Waals surface area contributed by atoms with Crippen molar-refractivity contribution in [3.05, 3.63) is 27.7 Å². The Morgan fingerprint density at radius 1 is 1.35 bits per heavy atom. The summed E-state index contributed by atoms with van der Waals surface area (Å²) >= 11 is 11.8. The average Bonchev–Trinajstić information content (AvgIpc) is 2.30. The first-order valence-electron chi connectivity index (χ1n) is 5.45. The van der Waals surface area contributed by atoms with Crippen LogP contribution in [0.25, 0.3) is 0 Å². The Bertz CT molecular complexity index is 417. The summed E-state index contributed by atoms with van der Waals surface area (Å²) in [5, 5.41) is 0.431. The number of anilines is 1. The van der Waals surface area contributed by atoms with Crippen molar-refractivity contribution in [2.45, 2.75) is 32.8 Å². The number of rotatable bonds is 4. The zero-order chi connectivity index (χ0) is 13.0. The molecule has 17 heavy (non-hydrogen) atoms. The van der Waals surface area contributed by atoms with Gasteiger partial charge in [0.25, 0.3) is 0 Å². The molecule has 0 amide bonds. The lowest BCUT2D eigenvalue weighted by atomic mass is 10.2. The van der Waals surface area contributed by atoms with Crippen LogP contribution >= 0.6 is 23.2 Å². The van der Waals surface area contributed by atoms with Crippen LogP contribution in [-0.2, 0) is 4.74 Å². The molecule has 2 N–H and O–H groups in total. The van der Waals surface area contributed by atoms with Crippen LogP contribution in [0.4, 0.5) is 5.69 Å². The molecule has 1 rings (SSSR count). The van der Waals surface area contributed by atoms with Gasteiger partial charge in [0.15, 0.2) is 0 Å². The number of carbonyl (C=O) groups is 1. The highest BCUT2D eigenvalue weighted by molar-refractivity contribution is 6.44. The molecule has 3 nitrogen and oxygen atoms in total. The molecule has 0 unspecified atom stereocenters. The van der Waals surface area contributed by atoms with Crippen molar-refractivity contribution in [3.63, 3.8) is 0 Å². The standard InChI is InChI=1S/C12H15Cl2NO2/c1-3-8(4-2)17-12(16)9-5-7(15)6-10(13)11(9)14/h5-6,8H,3-4,15H2,1-2H3. The average molecular weight is 276 g/mol. The van der Waals surface area contributed by atoms with E-state index in [-0.39, 0.29) is 21.7 Å². The third kappa shape index (κ3) is 3.51. The van der Waals surface area contributed by atoms with Gasteiger partial charge in [-0.1, -0.05) is 37.0 Å². The van der Waals surface area contributed by atoms with E-state index >= 15 is 0 Å². The first kappa shape index (κ1) is 14.1. The molecule has 1 aromatic carbocycles. The summed E-state index contributed by atoms with van der Waals surface area (Å²) in [6.07, 6.45) is 1.41. The van der Waals surface area contributed by atoms with Crippen LogP contribution < -0.4 is 5.73 Å². The van der Waals surface area contributed by atoms with Crippen LogP contribution in [0.3, 0.4) is 0 Å². The Hall–Kier alpha value is -0.930. The highest BCUT2D eigenvalue weighted by Gasteiger charge is 2.18. The number of esters is 1. The van der Waals surface area contributed by atoms with Crippen LogP contribution in [0.1, 0.15) is 37.0 Å². The van der Waals surface area contributed by atoms with Crippen LogP contribution in [0.2, 0.25) is 10.0 Å². The second-order valence-corrected chi connectivity index (χ2v) is 4.49. The second-order valence-electron chi connectivity index (χ2n) is 3.71. The van der Waals surface area contributed by atoms with E-state index in [9.17, 15) is 4.79 Å². The maximum atomic E-state index is 11.9. The van der Waals surface area contributed by atoms with Crippen molar-refractivity contribution in [1.29, 1.82) is 0 Å². The van der Waals surface area contributed by atoms with Crippen LogP contribution in [0, 0.1) is 0 Å². The quantitative estimate of drug-likeness (QED) is 0.669. The molecule has 0 heterocycles. The molecule has 0 saturated carbocycles. The van der Waals surface area contributed by atoms with E-state index in [1.54, 1.807) is 0 Å². The number of hydrogen-bond donors (Lipinski definition) is 1. The monoisotopic (exact) mass is 275 g/mol. The summed E-state index contributed by atoms with van der Waals surface area (Å²) < 4.78 is 5.29. The molecule has 0 aliphatic rings. The Balaban J connectivity index is 2.96. The van der Waals surface area contributed by atoms with Gasteiger partial charge in [-0.15, -0.1) is 0 Å². The smallest absolute Gasteiger partial charge is 0.340 e. The fourth-order valence-corrected chi connectivity index (χ4v) is 1.84. The van der Waals surface area contributed by atoms with Gasteiger partial charge in [0.05, 0.1) is 15.6 Å². The lowest BCUT2D eigenvalue weighted by Gasteiger charge is -2.15. The SMILES string of the molecule is CCC(CC)OC(=O)c1cc(N)cc(Cl)c1Cl. The Kier molecular flexibility index (Phi) is 5.09. The molecule has 0 bridgehead atoms. The molecule has 0 atom stereocenters. The van der Waals surface area contributed by atoms with Crippen LogP contribution in [0.15, 0.2) is 12.1 Å². The van der Waals surface area contributed by atoms with E-state index in [4.69, 9.17) is 33.7 Å². The number of benzene rings is 1. The first-order chi connectivity index (χ1) is 7.99. The Morgan fingerprint density at radius 2 is 1.94 bits per heavy atom. The zero-order valence-corrected chi connectivity index (χ0v) is 11.3. The normalized spacial score (nSPS) is 10.6. The maximum absolute atomic E-state index is 11.9. The van der Waals surface area contributed by atoms with E-state index in [0.29, 0.717) is 5.69 Å². The molecular formula is C12H15Cl2NO2. The second kappa shape index (κ2) is 6.12. The summed E-state index contributed by atoms with van der Waals surface area (Å²) in [5.74, 6) is -0.488. The van der Waals surface area contributed by atoms with Gasteiger partial charge < -0.3 is 10.5 Å². The van der Waals surface area contributed by atoms with Crippen molar-refractivity contribution in [3.8, 4) is 0 Å². The molecule has 1 aromatic rings. The minimum absolute atomic E-state index is 0.112. The minimum Gasteiger partial charge on any atom is -0.459 e. The summed E-state index contributed by atoms with van der Waals surface area (Å²) in [6.45, 7) is 3.91. The largest absolute Gasteiger partial charge is 0.459 e. The number of halogens is 2. The van der Waals surface area contributed by atoms with Gasteiger partial charge in [0.2, 0.25) is 0 Å². The van der Waals surface area contributed by atoms with Crippen molar-refractivity contribution < 1.29 is 9.53 Å². The predicted octanol–water partition coefficient (Wildman–Crippen LogP) is 3.92. The zero-order valence-electron chi connectivity index (χ0n) is 9.80. The lowest BCUT2D eigenvalue weighted by molar-refractivity contribution is 0.0284. The van der Waals surface area contributed by atoms with E-state index in [2.05, 4.69) is 0 Å². The molecule has 0 aliphatic carbocycles. The van der Waals surface area contributed by atoms with E-state index in [1.165, 1.54) is 12.1 Å². The predicted molar refractivity (Wildman–Crippen MR) is 70.7 cm³/mol. The molecule has 0 aromatic heterocycles. The molecule has 0 radical (unpaired) electrons. The summed E-state index contributed by atoms with van der Waals surface area (Å²) in [6, 6.07) is 2.97. The van der Waals surface area contributed by atoms with Gasteiger partial charge in [-0.2, -0.15) is 0 Å². The number of nitrogen functional groups attached to an aromatic ring is 1. The molecule has 94 valence electrons. The van der Waals surface area contributed by atoms with Crippen molar-refractivity contribution in [2.75, 3.05) is 5.73 Å². The highest BCUT2D eigenvalue weighted by atomic mass is 35.5. The molecule has 0 aliphatic heterocycles. The van der Waals surface area contributed by atoms with E-state index < -0.39 is 5.97 Å². The number of ether oxygens (including phenoxy) is 1. The highest BCUT2D eigenvalue weighted by Crippen LogP contribution is 2.29. The van der Waals surface area contributed by atoms with E-state index in [1.807, 2.05) is 13.8 Å². The first-order valence-corrected chi connectivity index (χ1v) is 6.20. The third-order valence-corrected chi connectivity index (χ3v) is 3.26. The van der Waals surface area contributed by atoms with Crippen molar-refractivity contribution >= 4 is 34.9 Å². The van der Waals surface area contributed by atoms with Gasteiger partial charge >= 0.3 is 5.97 Å². The molecular weight excluding hydrogens is 261 g/mol. The van der Waals surface area contributed by atoms with Crippen LogP contribution in [-0.4, -0.2) is 12.1 Å². The molecule has 0 fully saturated rings. The fourth-order valence-electron chi connectivity index (χ4n) is 1.43. The number of carbonyl (C=O) groups excluding carboxylic acids is 1. The van der Waals surface area contributed by atoms with Gasteiger partial charge in [0, 0.05) is 5.69 Å². The van der Waals surface area contributed by atoms with Crippen molar-refractivity contribution in [1.82, 2.24) is 0 Å². The van der Waals surface area contributed by atoms with Crippen LogP contribution in [0.5, 0.6) is 0 Å². The number of hydrogen-bond acceptors (Lipinski definition) is 3. The third-order valence-electron chi connectivity index (χ3n) is 2.45. The minimum atomic E-state index is -0.488. The van der Waals surface area contributed by atoms with E-state index in [0.717, 1.165) is 12.8 Å². The molecule has 0 saturated heterocycles. The fraction of sp³-hybridized carbons (Fsp3) is 0.417. The van der Waals surface area contributed by atoms with Crippen molar-refractivity contribution in [2.24, 2.45) is 0 Å². The summed E-state index contributed by atoms with van der Waals surface area (Å²) in [7, 11) is 0. The topological polar surface area (TPSA) is 52.3 Å². The summed E-state index contributed by atoms with van der Waals surface area (Å²) in [5.41, 5.74) is 6.21. The molecule has 5 heteroatoms. The lowest BCUT2D eigenvalue weighted by Crippen LogP contribution is -2.17. The number of nitrogens with two attached hydrogens (primary N) is 1. The summed E-state index contributed by atoms with van der Waals surface area (Å²) in [4.78, 5) is 11.9. The maximum Gasteiger partial charge on any atom is 0.340 e. The Morgan fingerprint density at radius 3 is 2.47 bits per heavy atom. The van der Waals surface area contributed by atoms with Gasteiger partial charge in [-0.05, 0) is 25.0 Å². The van der Waals surface area contributed by atoms with Gasteiger partial charge in [0.1, 0.15) is 6.10 Å².